The summed E-state index contributed by atoms with van der Waals surface area (Å²) in [6, 6.07) is 13.5. The summed E-state index contributed by atoms with van der Waals surface area (Å²) in [5.41, 5.74) is 1.04. The minimum Gasteiger partial charge on any atom is -0.460 e. The van der Waals surface area contributed by atoms with Gasteiger partial charge in [0.1, 0.15) is 24.8 Å². The molecular formula is C16H16N2O3. The van der Waals surface area contributed by atoms with Crippen molar-refractivity contribution in [2.24, 2.45) is 0 Å². The summed E-state index contributed by atoms with van der Waals surface area (Å²) in [6.45, 7) is 1.61. The number of ether oxygens (including phenoxy) is 3. The van der Waals surface area contributed by atoms with Crippen LogP contribution in [0.1, 0.15) is 18.4 Å². The van der Waals surface area contributed by atoms with Gasteiger partial charge in [-0.05, 0) is 18.4 Å². The van der Waals surface area contributed by atoms with Gasteiger partial charge >= 0.3 is 5.95 Å². The summed E-state index contributed by atoms with van der Waals surface area (Å²) < 4.78 is 16.2. The number of rotatable bonds is 6. The Morgan fingerprint density at radius 1 is 1.24 bits per heavy atom. The molecule has 1 atom stereocenters. The molecular weight excluding hydrogens is 268 g/mol. The third-order valence-corrected chi connectivity index (χ3v) is 3.03. The van der Waals surface area contributed by atoms with Crippen LogP contribution in [0.15, 0.2) is 41.9 Å². The molecule has 0 saturated carbocycles. The highest BCUT2D eigenvalue weighted by Gasteiger charge is 2.25. The summed E-state index contributed by atoms with van der Waals surface area (Å²) >= 11 is 0. The van der Waals surface area contributed by atoms with Crippen molar-refractivity contribution in [3.05, 3.63) is 47.4 Å². The van der Waals surface area contributed by atoms with Gasteiger partial charge in [0.25, 0.3) is 0 Å². The predicted octanol–water partition coefficient (Wildman–Crippen LogP) is 2.66. The van der Waals surface area contributed by atoms with Gasteiger partial charge in [0.05, 0.1) is 6.61 Å². The predicted molar refractivity (Wildman–Crippen MR) is 74.4 cm³/mol. The molecule has 0 amide bonds. The van der Waals surface area contributed by atoms with E-state index >= 15 is 0 Å². The van der Waals surface area contributed by atoms with Crippen molar-refractivity contribution in [3.8, 4) is 12.1 Å². The van der Waals surface area contributed by atoms with Crippen molar-refractivity contribution in [1.82, 2.24) is 0 Å². The van der Waals surface area contributed by atoms with E-state index < -0.39 is 0 Å². The van der Waals surface area contributed by atoms with Crippen LogP contribution in [-0.2, 0) is 20.8 Å². The van der Waals surface area contributed by atoms with Crippen LogP contribution in [0.5, 0.6) is 0 Å². The van der Waals surface area contributed by atoms with Crippen LogP contribution in [0.4, 0.5) is 0 Å². The summed E-state index contributed by atoms with van der Waals surface area (Å²) in [5, 5.41) is 17.4. The first-order valence-corrected chi connectivity index (χ1v) is 6.79. The average molecular weight is 284 g/mol. The highest BCUT2D eigenvalue weighted by atomic mass is 16.7. The molecule has 21 heavy (non-hydrogen) atoms. The number of nitriles is 2. The van der Waals surface area contributed by atoms with Gasteiger partial charge in [-0.2, -0.15) is 10.5 Å². The lowest BCUT2D eigenvalue weighted by Crippen LogP contribution is -2.10. The van der Waals surface area contributed by atoms with E-state index in [0.717, 1.165) is 18.4 Å². The van der Waals surface area contributed by atoms with Crippen LogP contribution in [-0.4, -0.2) is 19.3 Å². The highest BCUT2D eigenvalue weighted by Crippen LogP contribution is 2.21. The van der Waals surface area contributed by atoms with Crippen LogP contribution in [0.3, 0.4) is 0 Å². The molecule has 1 saturated heterocycles. The molecule has 0 aliphatic carbocycles. The summed E-state index contributed by atoms with van der Waals surface area (Å²) in [4.78, 5) is 0. The van der Waals surface area contributed by atoms with E-state index in [1.165, 1.54) is 0 Å². The molecule has 2 rings (SSSR count). The molecule has 0 spiro atoms. The normalized spacial score (nSPS) is 16.5. The lowest BCUT2D eigenvalue weighted by Gasteiger charge is -2.08. The number of hydrogen-bond acceptors (Lipinski definition) is 5. The van der Waals surface area contributed by atoms with Gasteiger partial charge < -0.3 is 14.2 Å². The van der Waals surface area contributed by atoms with Crippen LogP contribution in [0.2, 0.25) is 0 Å². The van der Waals surface area contributed by atoms with Crippen molar-refractivity contribution >= 4 is 0 Å². The average Bonchev–Trinajstić information content (AvgIpc) is 2.98. The molecule has 0 radical (unpaired) electrons. The Labute approximate surface area is 124 Å². The SMILES string of the molecule is N#CC(C#N)=C1OCC(CCCOCc2ccccc2)O1. The van der Waals surface area contributed by atoms with Gasteiger partial charge in [0, 0.05) is 6.61 Å². The fourth-order valence-corrected chi connectivity index (χ4v) is 1.96. The Morgan fingerprint density at radius 2 is 2.00 bits per heavy atom. The van der Waals surface area contributed by atoms with Gasteiger partial charge in [0.2, 0.25) is 5.57 Å². The molecule has 1 fully saturated rings. The van der Waals surface area contributed by atoms with Gasteiger partial charge in [-0.25, -0.2) is 0 Å². The smallest absolute Gasteiger partial charge is 0.309 e. The molecule has 1 aliphatic rings. The van der Waals surface area contributed by atoms with Crippen molar-refractivity contribution in [2.75, 3.05) is 13.2 Å². The molecule has 1 unspecified atom stereocenters. The zero-order chi connectivity index (χ0) is 14.9. The van der Waals surface area contributed by atoms with Crippen LogP contribution >= 0.6 is 0 Å². The molecule has 1 heterocycles. The first kappa shape index (κ1) is 14.9. The Kier molecular flexibility index (Phi) is 5.63. The first-order chi connectivity index (χ1) is 10.3. The minimum atomic E-state index is -0.114. The first-order valence-electron chi connectivity index (χ1n) is 6.79. The summed E-state index contributed by atoms with van der Waals surface area (Å²) in [7, 11) is 0. The number of nitrogens with zero attached hydrogens (tertiary/aromatic N) is 2. The van der Waals surface area contributed by atoms with Gasteiger partial charge in [0.15, 0.2) is 0 Å². The number of hydrogen-bond donors (Lipinski definition) is 0. The van der Waals surface area contributed by atoms with Crippen molar-refractivity contribution in [2.45, 2.75) is 25.6 Å². The topological polar surface area (TPSA) is 75.3 Å². The van der Waals surface area contributed by atoms with Crippen molar-refractivity contribution in [1.29, 1.82) is 10.5 Å². The van der Waals surface area contributed by atoms with E-state index in [4.69, 9.17) is 24.7 Å². The summed E-state index contributed by atoms with van der Waals surface area (Å²) in [6.07, 6.45) is 1.49. The van der Waals surface area contributed by atoms with E-state index in [1.54, 1.807) is 12.1 Å². The van der Waals surface area contributed by atoms with E-state index in [2.05, 4.69) is 0 Å². The number of allylic oxidation sites excluding steroid dienone is 1. The maximum atomic E-state index is 8.72. The zero-order valence-corrected chi connectivity index (χ0v) is 11.6. The molecule has 0 bridgehead atoms. The Morgan fingerprint density at radius 3 is 2.71 bits per heavy atom. The van der Waals surface area contributed by atoms with E-state index in [0.29, 0.717) is 19.8 Å². The van der Waals surface area contributed by atoms with Gasteiger partial charge in [-0.15, -0.1) is 0 Å². The third kappa shape index (κ3) is 4.52. The molecule has 1 aromatic carbocycles. The van der Waals surface area contributed by atoms with E-state index in [1.807, 2.05) is 30.3 Å². The standard InChI is InChI=1S/C16H16N2O3/c17-9-14(10-18)16-20-12-15(21-16)7-4-8-19-11-13-5-2-1-3-6-13/h1-3,5-6,15H,4,7-8,11-12H2. The van der Waals surface area contributed by atoms with E-state index in [-0.39, 0.29) is 17.6 Å². The maximum absolute atomic E-state index is 8.72. The molecule has 0 N–H and O–H groups in total. The lowest BCUT2D eigenvalue weighted by molar-refractivity contribution is 0.0958. The quantitative estimate of drug-likeness (QED) is 0.593. The van der Waals surface area contributed by atoms with Crippen molar-refractivity contribution < 1.29 is 14.2 Å². The van der Waals surface area contributed by atoms with Crippen LogP contribution in [0, 0.1) is 22.7 Å². The molecule has 108 valence electrons. The Bertz CT molecular complexity index is 553. The molecule has 1 aromatic rings. The molecule has 5 nitrogen and oxygen atoms in total. The Balaban J connectivity index is 1.64. The second kappa shape index (κ2) is 7.94. The second-order valence-corrected chi connectivity index (χ2v) is 4.62. The third-order valence-electron chi connectivity index (χ3n) is 3.03. The zero-order valence-electron chi connectivity index (χ0n) is 11.6. The number of benzene rings is 1. The Hall–Kier alpha value is -2.50. The van der Waals surface area contributed by atoms with Crippen LogP contribution < -0.4 is 0 Å². The maximum Gasteiger partial charge on any atom is 0.309 e. The van der Waals surface area contributed by atoms with Gasteiger partial charge in [-0.1, -0.05) is 30.3 Å². The fourth-order valence-electron chi connectivity index (χ4n) is 1.96. The lowest BCUT2D eigenvalue weighted by atomic mass is 10.2. The van der Waals surface area contributed by atoms with Gasteiger partial charge in [-0.3, -0.25) is 0 Å². The summed E-state index contributed by atoms with van der Waals surface area (Å²) in [5.74, 6) is 0.0511. The molecule has 0 aromatic heterocycles. The largest absolute Gasteiger partial charge is 0.460 e. The molecule has 1 aliphatic heterocycles. The fraction of sp³-hybridized carbons (Fsp3) is 0.375. The van der Waals surface area contributed by atoms with Crippen molar-refractivity contribution in [3.63, 3.8) is 0 Å². The molecule has 5 heteroatoms. The minimum absolute atomic E-state index is 0.0511. The monoisotopic (exact) mass is 284 g/mol. The van der Waals surface area contributed by atoms with E-state index in [9.17, 15) is 0 Å². The highest BCUT2D eigenvalue weighted by molar-refractivity contribution is 5.36. The second-order valence-electron chi connectivity index (χ2n) is 4.62. The van der Waals surface area contributed by atoms with Crippen LogP contribution in [0.25, 0.3) is 0 Å².